The summed E-state index contributed by atoms with van der Waals surface area (Å²) in [5.41, 5.74) is 9.34. The van der Waals surface area contributed by atoms with Crippen molar-refractivity contribution in [2.75, 3.05) is 33.4 Å². The summed E-state index contributed by atoms with van der Waals surface area (Å²) in [5.74, 6) is 0.619. The number of carbonyl (C=O) groups is 1. The Morgan fingerprint density at radius 3 is 2.69 bits per heavy atom. The van der Waals surface area contributed by atoms with Crippen molar-refractivity contribution in [2.24, 2.45) is 7.05 Å². The summed E-state index contributed by atoms with van der Waals surface area (Å²) in [7, 11) is 3.73. The van der Waals surface area contributed by atoms with Crippen LogP contribution in [0, 0.1) is 0 Å². The SMILES string of the molecule is COc1nc(-c2cccc(-c3ccnc(-c4ccc5c6c(n(C)c5c4)CCN(CCO)C6)c3Cl)c2Cl)ccc1CNC[C@@H]1CCC(=O)N1. The molecule has 0 aliphatic carbocycles. The molecule has 1 saturated heterocycles. The van der Waals surface area contributed by atoms with E-state index in [9.17, 15) is 9.90 Å². The van der Waals surface area contributed by atoms with Crippen molar-refractivity contribution in [2.45, 2.75) is 38.4 Å². The van der Waals surface area contributed by atoms with Gasteiger partial charge >= 0.3 is 0 Å². The van der Waals surface area contributed by atoms with Gasteiger partial charge in [-0.25, -0.2) is 4.98 Å². The summed E-state index contributed by atoms with van der Waals surface area (Å²) < 4.78 is 7.94. The highest BCUT2D eigenvalue weighted by Crippen LogP contribution is 2.42. The number of aromatic nitrogens is 3. The van der Waals surface area contributed by atoms with E-state index < -0.39 is 0 Å². The van der Waals surface area contributed by atoms with Crippen LogP contribution in [0.3, 0.4) is 0 Å². The maximum Gasteiger partial charge on any atom is 0.220 e. The molecule has 3 N–H and O–H groups in total. The Hall–Kier alpha value is -3.99. The number of nitrogens with zero attached hydrogens (tertiary/aromatic N) is 4. The molecule has 0 unspecified atom stereocenters. The van der Waals surface area contributed by atoms with E-state index >= 15 is 0 Å². The quantitative estimate of drug-likeness (QED) is 0.166. The van der Waals surface area contributed by atoms with Gasteiger partial charge in [-0.2, -0.15) is 0 Å². The maximum absolute atomic E-state index is 11.5. The lowest BCUT2D eigenvalue weighted by atomic mass is 9.99. The number of benzene rings is 2. The number of hydrogen-bond donors (Lipinski definition) is 3. The van der Waals surface area contributed by atoms with Gasteiger partial charge < -0.3 is 25.0 Å². The fourth-order valence-corrected chi connectivity index (χ4v) is 7.69. The molecule has 1 atom stereocenters. The van der Waals surface area contributed by atoms with Crippen molar-refractivity contribution in [3.05, 3.63) is 87.7 Å². The van der Waals surface area contributed by atoms with Crippen molar-refractivity contribution in [1.29, 1.82) is 0 Å². The number of β-amino-alcohol motifs (C(OH)–C–C–N with tert-alkyl or cyclic N) is 1. The zero-order chi connectivity index (χ0) is 33.4. The van der Waals surface area contributed by atoms with Crippen LogP contribution in [0.15, 0.2) is 60.8 Å². The third-order valence-corrected chi connectivity index (χ3v) is 10.3. The number of aliphatic hydroxyl groups excluding tert-OH is 1. The molecule has 1 amide bonds. The molecular formula is C37H38Cl2N6O3. The Morgan fingerprint density at radius 1 is 1.06 bits per heavy atom. The molecule has 11 heteroatoms. The smallest absolute Gasteiger partial charge is 0.220 e. The van der Waals surface area contributed by atoms with Crippen molar-refractivity contribution >= 4 is 40.0 Å². The van der Waals surface area contributed by atoms with E-state index in [1.807, 2.05) is 36.4 Å². The van der Waals surface area contributed by atoms with Gasteiger partial charge in [-0.1, -0.05) is 59.6 Å². The van der Waals surface area contributed by atoms with Crippen LogP contribution in [0.5, 0.6) is 5.88 Å². The maximum atomic E-state index is 11.5. The number of rotatable bonds is 10. The number of aryl methyl sites for hydroxylation is 1. The molecule has 2 aliphatic heterocycles. The number of pyridine rings is 2. The number of amides is 1. The average Bonchev–Trinajstić information content (AvgIpc) is 3.64. The second-order valence-electron chi connectivity index (χ2n) is 12.5. The van der Waals surface area contributed by atoms with Gasteiger partial charge in [0.1, 0.15) is 0 Å². The molecule has 48 heavy (non-hydrogen) atoms. The Balaban J connectivity index is 1.17. The molecule has 0 saturated carbocycles. The van der Waals surface area contributed by atoms with Crippen LogP contribution in [-0.2, 0) is 31.4 Å². The topological polar surface area (TPSA) is 105 Å². The first-order valence-corrected chi connectivity index (χ1v) is 17.0. The van der Waals surface area contributed by atoms with E-state index in [0.717, 1.165) is 59.3 Å². The molecule has 9 nitrogen and oxygen atoms in total. The minimum absolute atomic E-state index is 0.105. The standard InChI is InChI=1S/C37H38Cl2N6O3/c1-44-31-13-15-45(16-17-46)21-29(31)25-9-6-22(18-32(25)44)36-35(39)27(12-14-41-36)26-4-3-5-28(34(26)38)30-10-7-23(37(43-30)48-2)19-40-20-24-8-11-33(47)42-24/h3-7,9-10,12,14,18,24,40,46H,8,11,13,15-17,19-21H2,1-2H3,(H,42,47)/t24-/m0/s1. The number of fused-ring (bicyclic) bond motifs is 3. The Bertz CT molecular complexity index is 2010. The second-order valence-corrected chi connectivity index (χ2v) is 13.2. The molecule has 7 rings (SSSR count). The van der Waals surface area contributed by atoms with E-state index in [-0.39, 0.29) is 18.6 Å². The summed E-state index contributed by atoms with van der Waals surface area (Å²) >= 11 is 14.3. The van der Waals surface area contributed by atoms with Crippen LogP contribution in [0.2, 0.25) is 10.0 Å². The first kappa shape index (κ1) is 32.6. The van der Waals surface area contributed by atoms with Crippen molar-refractivity contribution < 1.29 is 14.6 Å². The number of methoxy groups -OCH3 is 1. The summed E-state index contributed by atoms with van der Waals surface area (Å²) in [5, 5.41) is 18.1. The lowest BCUT2D eigenvalue weighted by molar-refractivity contribution is -0.119. The molecule has 5 heterocycles. The van der Waals surface area contributed by atoms with Gasteiger partial charge in [0.2, 0.25) is 11.8 Å². The van der Waals surface area contributed by atoms with Gasteiger partial charge in [0.05, 0.1) is 35.1 Å². The molecule has 5 aromatic rings. The number of ether oxygens (including phenoxy) is 1. The van der Waals surface area contributed by atoms with Gasteiger partial charge in [-0.3, -0.25) is 14.7 Å². The highest BCUT2D eigenvalue weighted by atomic mass is 35.5. The van der Waals surface area contributed by atoms with E-state index in [4.69, 9.17) is 37.9 Å². The summed E-state index contributed by atoms with van der Waals surface area (Å²) in [6, 6.07) is 18.2. The molecular weight excluding hydrogens is 647 g/mol. The predicted molar refractivity (Wildman–Crippen MR) is 190 cm³/mol. The number of nitrogens with one attached hydrogen (secondary N) is 2. The average molecular weight is 686 g/mol. The second kappa shape index (κ2) is 13.9. The Labute approximate surface area is 289 Å². The number of hydrogen-bond acceptors (Lipinski definition) is 7. The van der Waals surface area contributed by atoms with E-state index in [0.29, 0.717) is 53.4 Å². The Kier molecular flexibility index (Phi) is 9.40. The van der Waals surface area contributed by atoms with E-state index in [1.165, 1.54) is 16.6 Å². The first-order valence-electron chi connectivity index (χ1n) is 16.3. The molecule has 0 spiro atoms. The summed E-state index contributed by atoms with van der Waals surface area (Å²) in [6.45, 7) is 3.86. The minimum Gasteiger partial charge on any atom is -0.481 e. The number of aliphatic hydroxyl groups is 1. The molecule has 0 bridgehead atoms. The monoisotopic (exact) mass is 684 g/mol. The molecule has 0 radical (unpaired) electrons. The van der Waals surface area contributed by atoms with Crippen LogP contribution < -0.4 is 15.4 Å². The largest absolute Gasteiger partial charge is 0.481 e. The Morgan fingerprint density at radius 2 is 1.90 bits per heavy atom. The third-order valence-electron chi connectivity index (χ3n) is 9.55. The zero-order valence-corrected chi connectivity index (χ0v) is 28.5. The lowest BCUT2D eigenvalue weighted by Gasteiger charge is -2.26. The van der Waals surface area contributed by atoms with Crippen LogP contribution >= 0.6 is 23.2 Å². The van der Waals surface area contributed by atoms with Gasteiger partial charge in [-0.05, 0) is 30.2 Å². The van der Waals surface area contributed by atoms with E-state index in [2.05, 4.69) is 45.3 Å². The minimum atomic E-state index is 0.105. The summed E-state index contributed by atoms with van der Waals surface area (Å²) in [6.07, 6.45) is 4.13. The number of carbonyl (C=O) groups excluding carboxylic acids is 1. The van der Waals surface area contributed by atoms with Crippen LogP contribution in [0.4, 0.5) is 0 Å². The van der Waals surface area contributed by atoms with Gasteiger partial charge in [0, 0.05) is 109 Å². The van der Waals surface area contributed by atoms with Crippen molar-refractivity contribution in [1.82, 2.24) is 30.1 Å². The molecule has 1 fully saturated rings. The van der Waals surface area contributed by atoms with E-state index in [1.54, 1.807) is 13.3 Å². The zero-order valence-electron chi connectivity index (χ0n) is 27.0. The molecule has 2 aromatic carbocycles. The lowest BCUT2D eigenvalue weighted by Crippen LogP contribution is -2.35. The molecule has 3 aromatic heterocycles. The highest BCUT2D eigenvalue weighted by molar-refractivity contribution is 6.39. The highest BCUT2D eigenvalue weighted by Gasteiger charge is 2.24. The summed E-state index contributed by atoms with van der Waals surface area (Å²) in [4.78, 5) is 23.3. The fourth-order valence-electron chi connectivity index (χ4n) is 7.04. The molecule has 2 aliphatic rings. The fraction of sp³-hybridized carbons (Fsp3) is 0.324. The van der Waals surface area contributed by atoms with Gasteiger partial charge in [0.15, 0.2) is 0 Å². The van der Waals surface area contributed by atoms with Crippen LogP contribution in [0.25, 0.3) is 44.5 Å². The van der Waals surface area contributed by atoms with Gasteiger partial charge in [-0.15, -0.1) is 0 Å². The normalized spacial score (nSPS) is 16.4. The van der Waals surface area contributed by atoms with Crippen molar-refractivity contribution in [3.63, 3.8) is 0 Å². The van der Waals surface area contributed by atoms with Crippen LogP contribution in [0.1, 0.15) is 29.7 Å². The first-order chi connectivity index (χ1) is 23.4. The molecule has 248 valence electrons. The predicted octanol–water partition coefficient (Wildman–Crippen LogP) is 6.00. The van der Waals surface area contributed by atoms with Gasteiger partial charge in [0.25, 0.3) is 0 Å². The van der Waals surface area contributed by atoms with Crippen molar-refractivity contribution in [3.8, 4) is 39.5 Å². The number of halogens is 2. The van der Waals surface area contributed by atoms with Crippen LogP contribution in [-0.4, -0.2) is 69.8 Å². The third kappa shape index (κ3) is 6.17.